The van der Waals surface area contributed by atoms with Crippen LogP contribution in [0, 0.1) is 12.7 Å². The van der Waals surface area contributed by atoms with Crippen molar-refractivity contribution in [3.8, 4) is 0 Å². The van der Waals surface area contributed by atoms with Gasteiger partial charge in [-0.3, -0.25) is 0 Å². The number of aliphatic hydroxyl groups excluding tert-OH is 1. The Balaban J connectivity index is 3.01. The number of aryl methyl sites for hydroxylation is 1. The largest absolute Gasteiger partial charge is 0.394 e. The van der Waals surface area contributed by atoms with E-state index in [4.69, 9.17) is 10.8 Å². The van der Waals surface area contributed by atoms with Gasteiger partial charge >= 0.3 is 0 Å². The third-order valence-corrected chi connectivity index (χ3v) is 1.75. The highest BCUT2D eigenvalue weighted by molar-refractivity contribution is 5.25. The Morgan fingerprint density at radius 2 is 2.25 bits per heavy atom. The molecule has 66 valence electrons. The van der Waals surface area contributed by atoms with Crippen molar-refractivity contribution in [2.24, 2.45) is 5.73 Å². The highest BCUT2D eigenvalue weighted by Gasteiger charge is 2.09. The van der Waals surface area contributed by atoms with Gasteiger partial charge < -0.3 is 10.8 Å². The molecule has 0 saturated heterocycles. The van der Waals surface area contributed by atoms with Crippen LogP contribution in [0.4, 0.5) is 4.39 Å². The molecule has 0 unspecified atom stereocenters. The molecule has 2 nitrogen and oxygen atoms in total. The van der Waals surface area contributed by atoms with Gasteiger partial charge in [-0.05, 0) is 18.6 Å². The minimum Gasteiger partial charge on any atom is -0.394 e. The third kappa shape index (κ3) is 1.81. The number of nitrogens with two attached hydrogens (primary N) is 1. The van der Waals surface area contributed by atoms with Crippen LogP contribution in [0.5, 0.6) is 0 Å². The van der Waals surface area contributed by atoms with E-state index < -0.39 is 6.04 Å². The first-order chi connectivity index (χ1) is 5.65. The molecule has 0 aliphatic rings. The molecular weight excluding hydrogens is 157 g/mol. The summed E-state index contributed by atoms with van der Waals surface area (Å²) >= 11 is 0. The molecule has 0 spiro atoms. The van der Waals surface area contributed by atoms with Gasteiger partial charge in [0.05, 0.1) is 12.6 Å². The van der Waals surface area contributed by atoms with Crippen LogP contribution in [-0.4, -0.2) is 11.7 Å². The fraction of sp³-hybridized carbons (Fsp3) is 0.333. The standard InChI is InChI=1S/C9H12FNO/c1-6-2-3-7(8(10)4-6)9(11)5-12/h2-4,9,12H,5,11H2,1H3/t9-/m0/s1. The van der Waals surface area contributed by atoms with Gasteiger partial charge in [0.15, 0.2) is 0 Å². The van der Waals surface area contributed by atoms with E-state index >= 15 is 0 Å². The molecule has 0 aliphatic carbocycles. The Morgan fingerprint density at radius 1 is 1.58 bits per heavy atom. The van der Waals surface area contributed by atoms with Crippen molar-refractivity contribution in [1.29, 1.82) is 0 Å². The lowest BCUT2D eigenvalue weighted by atomic mass is 10.1. The Labute approximate surface area is 70.8 Å². The minimum absolute atomic E-state index is 0.236. The summed E-state index contributed by atoms with van der Waals surface area (Å²) < 4.78 is 13.1. The van der Waals surface area contributed by atoms with E-state index in [0.717, 1.165) is 5.56 Å². The summed E-state index contributed by atoms with van der Waals surface area (Å²) in [7, 11) is 0. The predicted molar refractivity (Wildman–Crippen MR) is 45.2 cm³/mol. The van der Waals surface area contributed by atoms with E-state index in [1.807, 2.05) is 0 Å². The van der Waals surface area contributed by atoms with Gasteiger partial charge in [-0.25, -0.2) is 4.39 Å². The molecular formula is C9H12FNO. The maximum Gasteiger partial charge on any atom is 0.128 e. The summed E-state index contributed by atoms with van der Waals surface area (Å²) in [5.74, 6) is -0.350. The zero-order valence-corrected chi connectivity index (χ0v) is 6.92. The highest BCUT2D eigenvalue weighted by atomic mass is 19.1. The zero-order chi connectivity index (χ0) is 9.14. The molecule has 3 N–H and O–H groups in total. The molecule has 12 heavy (non-hydrogen) atoms. The van der Waals surface area contributed by atoms with Crippen LogP contribution in [0.1, 0.15) is 17.2 Å². The van der Waals surface area contributed by atoms with Crippen LogP contribution < -0.4 is 5.73 Å². The number of halogens is 1. The second-order valence-corrected chi connectivity index (χ2v) is 2.81. The summed E-state index contributed by atoms with van der Waals surface area (Å²) in [5, 5.41) is 8.69. The van der Waals surface area contributed by atoms with Gasteiger partial charge in [-0.1, -0.05) is 12.1 Å². The van der Waals surface area contributed by atoms with Crippen molar-refractivity contribution >= 4 is 0 Å². The van der Waals surface area contributed by atoms with E-state index in [-0.39, 0.29) is 12.4 Å². The maximum absolute atomic E-state index is 13.1. The van der Waals surface area contributed by atoms with Gasteiger partial charge in [0, 0.05) is 5.56 Å². The molecule has 0 aliphatic heterocycles. The molecule has 0 aromatic heterocycles. The van der Waals surface area contributed by atoms with Crippen LogP contribution in [0.3, 0.4) is 0 Å². The molecule has 1 aromatic rings. The minimum atomic E-state index is -0.620. The third-order valence-electron chi connectivity index (χ3n) is 1.75. The predicted octanol–water partition coefficient (Wildman–Crippen LogP) is 1.13. The first-order valence-electron chi connectivity index (χ1n) is 3.77. The van der Waals surface area contributed by atoms with E-state index in [0.29, 0.717) is 5.56 Å². The summed E-state index contributed by atoms with van der Waals surface area (Å²) in [6.07, 6.45) is 0. The Hall–Kier alpha value is -0.930. The fourth-order valence-electron chi connectivity index (χ4n) is 1.03. The summed E-state index contributed by atoms with van der Waals surface area (Å²) in [4.78, 5) is 0. The lowest BCUT2D eigenvalue weighted by Crippen LogP contribution is -2.16. The molecule has 0 bridgehead atoms. The highest BCUT2D eigenvalue weighted by Crippen LogP contribution is 2.15. The second-order valence-electron chi connectivity index (χ2n) is 2.81. The van der Waals surface area contributed by atoms with E-state index in [1.54, 1.807) is 19.1 Å². The second kappa shape index (κ2) is 3.65. The van der Waals surface area contributed by atoms with Crippen LogP contribution in [0.15, 0.2) is 18.2 Å². The number of rotatable bonds is 2. The molecule has 0 heterocycles. The fourth-order valence-corrected chi connectivity index (χ4v) is 1.03. The quantitative estimate of drug-likeness (QED) is 0.697. The average Bonchev–Trinajstić information content (AvgIpc) is 2.03. The monoisotopic (exact) mass is 169 g/mol. The molecule has 0 radical (unpaired) electrons. The summed E-state index contributed by atoms with van der Waals surface area (Å²) in [5.41, 5.74) is 6.67. The van der Waals surface area contributed by atoms with Gasteiger partial charge in [-0.15, -0.1) is 0 Å². The number of aliphatic hydroxyl groups is 1. The normalized spacial score (nSPS) is 13.0. The van der Waals surface area contributed by atoms with Crippen molar-refractivity contribution in [1.82, 2.24) is 0 Å². The van der Waals surface area contributed by atoms with Gasteiger partial charge in [-0.2, -0.15) is 0 Å². The Bertz CT molecular complexity index is 275. The molecule has 1 rings (SSSR count). The van der Waals surface area contributed by atoms with E-state index in [2.05, 4.69) is 0 Å². The van der Waals surface area contributed by atoms with Crippen LogP contribution in [0.25, 0.3) is 0 Å². The average molecular weight is 169 g/mol. The smallest absolute Gasteiger partial charge is 0.128 e. The SMILES string of the molecule is Cc1ccc([C@@H](N)CO)c(F)c1. The van der Waals surface area contributed by atoms with Crippen molar-refractivity contribution in [2.75, 3.05) is 6.61 Å². The molecule has 1 atom stereocenters. The van der Waals surface area contributed by atoms with Crippen molar-refractivity contribution in [3.63, 3.8) is 0 Å². The van der Waals surface area contributed by atoms with E-state index in [9.17, 15) is 4.39 Å². The number of benzene rings is 1. The molecule has 0 amide bonds. The van der Waals surface area contributed by atoms with Crippen molar-refractivity contribution < 1.29 is 9.50 Å². The topological polar surface area (TPSA) is 46.2 Å². The van der Waals surface area contributed by atoms with Gasteiger partial charge in [0.25, 0.3) is 0 Å². The zero-order valence-electron chi connectivity index (χ0n) is 6.92. The first-order valence-corrected chi connectivity index (χ1v) is 3.77. The van der Waals surface area contributed by atoms with E-state index in [1.165, 1.54) is 6.07 Å². The Kier molecular flexibility index (Phi) is 2.78. The molecule has 1 aromatic carbocycles. The number of hydrogen-bond donors (Lipinski definition) is 2. The Morgan fingerprint density at radius 3 is 2.75 bits per heavy atom. The summed E-state index contributed by atoms with van der Waals surface area (Å²) in [6.45, 7) is 1.57. The van der Waals surface area contributed by atoms with Crippen LogP contribution in [-0.2, 0) is 0 Å². The van der Waals surface area contributed by atoms with Crippen molar-refractivity contribution in [2.45, 2.75) is 13.0 Å². The lowest BCUT2D eigenvalue weighted by Gasteiger charge is -2.09. The molecule has 0 fully saturated rings. The molecule has 3 heteroatoms. The summed E-state index contributed by atoms with van der Waals surface area (Å²) in [6, 6.07) is 4.16. The maximum atomic E-state index is 13.1. The number of hydrogen-bond acceptors (Lipinski definition) is 2. The van der Waals surface area contributed by atoms with Gasteiger partial charge in [0.1, 0.15) is 5.82 Å². The van der Waals surface area contributed by atoms with Crippen LogP contribution >= 0.6 is 0 Å². The lowest BCUT2D eigenvalue weighted by molar-refractivity contribution is 0.265. The van der Waals surface area contributed by atoms with Crippen LogP contribution in [0.2, 0.25) is 0 Å². The first kappa shape index (κ1) is 9.16. The molecule has 0 saturated carbocycles. The van der Waals surface area contributed by atoms with Crippen molar-refractivity contribution in [3.05, 3.63) is 35.1 Å². The van der Waals surface area contributed by atoms with Gasteiger partial charge in [0.2, 0.25) is 0 Å².